The molecule has 3 aromatic rings. The van der Waals surface area contributed by atoms with E-state index in [0.29, 0.717) is 12.6 Å². The minimum absolute atomic E-state index is 0.0400. The third-order valence-electron chi connectivity index (χ3n) is 9.04. The number of hydrogen-bond acceptors (Lipinski definition) is 3. The molecule has 1 aliphatic carbocycles. The number of rotatable bonds is 6. The van der Waals surface area contributed by atoms with Gasteiger partial charge in [-0.25, -0.2) is 4.79 Å². The topological polar surface area (TPSA) is 59.7 Å². The van der Waals surface area contributed by atoms with Crippen molar-refractivity contribution in [2.75, 3.05) is 19.6 Å². The highest BCUT2D eigenvalue weighted by Gasteiger charge is 2.59. The second kappa shape index (κ2) is 9.07. The van der Waals surface area contributed by atoms with E-state index in [2.05, 4.69) is 59.4 Å². The first-order chi connectivity index (χ1) is 17.5. The predicted molar refractivity (Wildman–Crippen MR) is 142 cm³/mol. The van der Waals surface area contributed by atoms with Crippen molar-refractivity contribution in [1.29, 1.82) is 0 Å². The van der Waals surface area contributed by atoms with E-state index >= 15 is 0 Å². The van der Waals surface area contributed by atoms with Crippen LogP contribution in [0.3, 0.4) is 0 Å². The Morgan fingerprint density at radius 2 is 1.67 bits per heavy atom. The number of aromatic amines is 1. The number of H-pyrrole nitrogens is 1. The van der Waals surface area contributed by atoms with E-state index in [1.165, 1.54) is 27.6 Å². The summed E-state index contributed by atoms with van der Waals surface area (Å²) in [4.78, 5) is 36.9. The Balaban J connectivity index is 1.12. The summed E-state index contributed by atoms with van der Waals surface area (Å²) in [7, 11) is 0. The summed E-state index contributed by atoms with van der Waals surface area (Å²) < 4.78 is 0. The molecule has 1 aromatic heterocycles. The first kappa shape index (κ1) is 23.3. The maximum atomic E-state index is 13.9. The standard InChI is InChI=1S/C30H36N4O2/c1-3-33-29(36)34(25-18-22-8-4-5-9-23(22)19-25)28(35)30(33)14-16-32(17-15-30)21(2)12-13-24-20-31-27-11-7-6-10-26(24)27/h4-11,20-21,25,31H,3,12-19H2,1-2H3. The summed E-state index contributed by atoms with van der Waals surface area (Å²) in [6.45, 7) is 6.59. The van der Waals surface area contributed by atoms with Crippen LogP contribution in [0.15, 0.2) is 54.7 Å². The van der Waals surface area contributed by atoms with Crippen LogP contribution in [0, 0.1) is 0 Å². The molecule has 0 bridgehead atoms. The fourth-order valence-corrected chi connectivity index (χ4v) is 6.92. The number of urea groups is 1. The second-order valence-electron chi connectivity index (χ2n) is 10.8. The van der Waals surface area contributed by atoms with E-state index in [0.717, 1.165) is 51.6 Å². The number of aromatic nitrogens is 1. The fourth-order valence-electron chi connectivity index (χ4n) is 6.92. The average Bonchev–Trinajstić information content (AvgIpc) is 3.56. The molecule has 0 radical (unpaired) electrons. The largest absolute Gasteiger partial charge is 0.361 e. The number of nitrogens with zero attached hydrogens (tertiary/aromatic N) is 3. The number of aryl methyl sites for hydroxylation is 1. The Morgan fingerprint density at radius 1 is 1.00 bits per heavy atom. The third-order valence-corrected chi connectivity index (χ3v) is 9.04. The lowest BCUT2D eigenvalue weighted by atomic mass is 9.84. The molecule has 2 saturated heterocycles. The van der Waals surface area contributed by atoms with Gasteiger partial charge in [0.25, 0.3) is 5.91 Å². The van der Waals surface area contributed by atoms with Gasteiger partial charge >= 0.3 is 6.03 Å². The SMILES string of the molecule is CCN1C(=O)N(C2Cc3ccccc3C2)C(=O)C12CCN(C(C)CCc1c[nH]c3ccccc13)CC2. The van der Waals surface area contributed by atoms with E-state index in [4.69, 9.17) is 0 Å². The van der Waals surface area contributed by atoms with Crippen molar-refractivity contribution in [2.45, 2.75) is 70.0 Å². The van der Waals surface area contributed by atoms with Crippen molar-refractivity contribution in [1.82, 2.24) is 19.7 Å². The number of nitrogens with one attached hydrogen (secondary N) is 1. The van der Waals surface area contributed by atoms with Crippen molar-refractivity contribution in [3.05, 3.63) is 71.4 Å². The van der Waals surface area contributed by atoms with E-state index in [1.807, 2.05) is 24.0 Å². The van der Waals surface area contributed by atoms with Gasteiger partial charge in [-0.05, 0) is 75.1 Å². The monoisotopic (exact) mass is 484 g/mol. The number of amides is 3. The van der Waals surface area contributed by atoms with Crippen molar-refractivity contribution in [2.24, 2.45) is 0 Å². The number of imide groups is 1. The second-order valence-corrected chi connectivity index (χ2v) is 10.8. The van der Waals surface area contributed by atoms with Crippen LogP contribution in [-0.4, -0.2) is 68.9 Å². The quantitative estimate of drug-likeness (QED) is 0.513. The van der Waals surface area contributed by atoms with Gasteiger partial charge in [0.1, 0.15) is 5.54 Å². The number of piperidine rings is 1. The molecule has 1 unspecified atom stereocenters. The molecule has 2 aromatic carbocycles. The van der Waals surface area contributed by atoms with Gasteiger partial charge in [-0.3, -0.25) is 9.69 Å². The highest BCUT2D eigenvalue weighted by Crippen LogP contribution is 2.40. The molecular formula is C30H36N4O2. The van der Waals surface area contributed by atoms with Crippen LogP contribution in [0.4, 0.5) is 4.79 Å². The van der Waals surface area contributed by atoms with Gasteiger partial charge in [-0.1, -0.05) is 42.5 Å². The lowest BCUT2D eigenvalue weighted by Crippen LogP contribution is -2.57. The summed E-state index contributed by atoms with van der Waals surface area (Å²) in [5.74, 6) is 0.0400. The molecule has 1 N–H and O–H groups in total. The summed E-state index contributed by atoms with van der Waals surface area (Å²) >= 11 is 0. The lowest BCUT2D eigenvalue weighted by Gasteiger charge is -2.43. The predicted octanol–water partition coefficient (Wildman–Crippen LogP) is 4.78. The summed E-state index contributed by atoms with van der Waals surface area (Å²) in [5.41, 5.74) is 4.43. The van der Waals surface area contributed by atoms with Crippen LogP contribution in [0.25, 0.3) is 10.9 Å². The van der Waals surface area contributed by atoms with Gasteiger partial charge < -0.3 is 14.8 Å². The van der Waals surface area contributed by atoms with E-state index in [9.17, 15) is 9.59 Å². The molecular weight excluding hydrogens is 448 g/mol. The molecule has 0 saturated carbocycles. The molecule has 36 heavy (non-hydrogen) atoms. The average molecular weight is 485 g/mol. The minimum Gasteiger partial charge on any atom is -0.361 e. The minimum atomic E-state index is -0.673. The van der Waals surface area contributed by atoms with Crippen molar-refractivity contribution >= 4 is 22.8 Å². The number of carbonyl (C=O) groups excluding carboxylic acids is 2. The zero-order chi connectivity index (χ0) is 24.9. The molecule has 6 heteroatoms. The number of hydrogen-bond donors (Lipinski definition) is 1. The first-order valence-corrected chi connectivity index (χ1v) is 13.5. The lowest BCUT2D eigenvalue weighted by molar-refractivity contribution is -0.137. The Morgan fingerprint density at radius 3 is 2.36 bits per heavy atom. The van der Waals surface area contributed by atoms with Crippen molar-refractivity contribution in [3.8, 4) is 0 Å². The van der Waals surface area contributed by atoms with Crippen molar-refractivity contribution in [3.63, 3.8) is 0 Å². The number of benzene rings is 2. The number of likely N-dealkylation sites (N-methyl/N-ethyl adjacent to an activating group) is 1. The smallest absolute Gasteiger partial charge is 0.327 e. The van der Waals surface area contributed by atoms with Crippen LogP contribution in [0.1, 0.15) is 49.8 Å². The fraction of sp³-hybridized carbons (Fsp3) is 0.467. The molecule has 3 amide bonds. The van der Waals surface area contributed by atoms with Gasteiger partial charge in [-0.2, -0.15) is 0 Å². The molecule has 3 aliphatic rings. The molecule has 188 valence electrons. The molecule has 2 aliphatic heterocycles. The Bertz CT molecular complexity index is 1260. The summed E-state index contributed by atoms with van der Waals surface area (Å²) in [5, 5.41) is 1.31. The molecule has 3 heterocycles. The Labute approximate surface area is 213 Å². The first-order valence-electron chi connectivity index (χ1n) is 13.5. The highest BCUT2D eigenvalue weighted by atomic mass is 16.2. The number of para-hydroxylation sites is 1. The Hall–Kier alpha value is -3.12. The molecule has 6 rings (SSSR count). The van der Waals surface area contributed by atoms with Crippen LogP contribution >= 0.6 is 0 Å². The summed E-state index contributed by atoms with van der Waals surface area (Å²) in [6.07, 6.45) is 7.24. The number of fused-ring (bicyclic) bond motifs is 2. The van der Waals surface area contributed by atoms with Crippen LogP contribution in [0.2, 0.25) is 0 Å². The van der Waals surface area contributed by atoms with E-state index < -0.39 is 5.54 Å². The normalized spacial score (nSPS) is 21.2. The maximum absolute atomic E-state index is 13.9. The highest BCUT2D eigenvalue weighted by molar-refractivity contribution is 6.07. The third kappa shape index (κ3) is 3.65. The molecule has 1 atom stereocenters. The van der Waals surface area contributed by atoms with Crippen LogP contribution in [0.5, 0.6) is 0 Å². The number of carbonyl (C=O) groups is 2. The van der Waals surface area contributed by atoms with Gasteiger partial charge in [0.2, 0.25) is 0 Å². The van der Waals surface area contributed by atoms with E-state index in [-0.39, 0.29) is 18.0 Å². The molecule has 2 fully saturated rings. The van der Waals surface area contributed by atoms with Crippen LogP contribution < -0.4 is 0 Å². The van der Waals surface area contributed by atoms with Crippen LogP contribution in [-0.2, 0) is 24.1 Å². The van der Waals surface area contributed by atoms with Gasteiger partial charge in [0.15, 0.2) is 0 Å². The maximum Gasteiger partial charge on any atom is 0.327 e. The zero-order valence-corrected chi connectivity index (χ0v) is 21.4. The summed E-state index contributed by atoms with van der Waals surface area (Å²) in [6, 6.07) is 17.1. The van der Waals surface area contributed by atoms with Gasteiger partial charge in [0, 0.05) is 48.8 Å². The molecule has 6 nitrogen and oxygen atoms in total. The zero-order valence-electron chi connectivity index (χ0n) is 21.4. The van der Waals surface area contributed by atoms with E-state index in [1.54, 1.807) is 4.90 Å². The van der Waals surface area contributed by atoms with Gasteiger partial charge in [-0.15, -0.1) is 0 Å². The Kier molecular flexibility index (Phi) is 5.87. The van der Waals surface area contributed by atoms with Crippen molar-refractivity contribution < 1.29 is 9.59 Å². The van der Waals surface area contributed by atoms with Gasteiger partial charge in [0.05, 0.1) is 0 Å². The number of likely N-dealkylation sites (tertiary alicyclic amines) is 1. The molecule has 1 spiro atoms.